The van der Waals surface area contributed by atoms with Gasteiger partial charge in [0.15, 0.2) is 0 Å². The summed E-state index contributed by atoms with van der Waals surface area (Å²) in [6, 6.07) is 0. The Labute approximate surface area is 91.8 Å². The minimum atomic E-state index is -3.07. The van der Waals surface area contributed by atoms with E-state index in [4.69, 9.17) is 9.05 Å². The summed E-state index contributed by atoms with van der Waals surface area (Å²) in [6.45, 7) is 6.51. The molecule has 0 aromatic carbocycles. The minimum absolute atomic E-state index is 0.550. The molecule has 0 saturated carbocycles. The van der Waals surface area contributed by atoms with Crippen LogP contribution in [0.5, 0.6) is 0 Å². The van der Waals surface area contributed by atoms with Gasteiger partial charge in [-0.15, -0.1) is 0 Å². The monoisotopic (exact) mass is 233 g/mol. The number of likely N-dealkylation sites (tertiary alicyclic amines) is 1. The molecule has 1 saturated heterocycles. The lowest BCUT2D eigenvalue weighted by molar-refractivity contribution is 0.239. The molecule has 0 aromatic rings. The van der Waals surface area contributed by atoms with Crippen molar-refractivity contribution < 1.29 is 13.6 Å². The molecule has 5 heteroatoms. The molecule has 1 rings (SSSR count). The highest BCUT2D eigenvalue weighted by molar-refractivity contribution is 7.58. The van der Waals surface area contributed by atoms with E-state index < -0.39 is 7.60 Å². The first-order chi connectivity index (χ1) is 7.12. The molecule has 1 fully saturated rings. The van der Waals surface area contributed by atoms with Crippen LogP contribution in [0.3, 0.4) is 0 Å². The van der Waals surface area contributed by atoms with Crippen molar-refractivity contribution in [2.45, 2.75) is 19.3 Å². The van der Waals surface area contributed by atoms with E-state index in [0.717, 1.165) is 13.1 Å². The molecule has 1 aliphatic rings. The fraction of sp³-hybridized carbons (Fsp3) is 0.800. The Bertz CT molecular complexity index is 253. The Balaban J connectivity index is 2.49. The topological polar surface area (TPSA) is 38.8 Å². The van der Waals surface area contributed by atoms with Gasteiger partial charge in [0, 0.05) is 26.1 Å². The maximum Gasteiger partial charge on any atom is 0.357 e. The maximum absolute atomic E-state index is 12.0. The normalized spacial score (nSPS) is 19.1. The number of nitrogens with zero attached hydrogens (tertiary/aromatic N) is 1. The Hall–Kier alpha value is -0.150. The standard InChI is InChI=1S/C10H20NO3P/c1-10(15(12,13-2)14-3)9-11-7-5-4-6-8-11/h1,4-9H2,2-3H3. The lowest BCUT2D eigenvalue weighted by Crippen LogP contribution is -2.31. The summed E-state index contributed by atoms with van der Waals surface area (Å²) in [5.41, 5.74) is 0. The van der Waals surface area contributed by atoms with E-state index >= 15 is 0 Å². The van der Waals surface area contributed by atoms with Crippen LogP contribution in [-0.4, -0.2) is 38.8 Å². The van der Waals surface area contributed by atoms with Gasteiger partial charge in [0.05, 0.1) is 0 Å². The third-order valence-corrected chi connectivity index (χ3v) is 4.60. The van der Waals surface area contributed by atoms with Crippen LogP contribution in [0.15, 0.2) is 11.9 Å². The molecule has 88 valence electrons. The van der Waals surface area contributed by atoms with Gasteiger partial charge in [-0.2, -0.15) is 0 Å². The molecule has 0 aromatic heterocycles. The highest BCUT2D eigenvalue weighted by Gasteiger charge is 2.27. The molecule has 4 nitrogen and oxygen atoms in total. The third kappa shape index (κ3) is 3.42. The third-order valence-electron chi connectivity index (χ3n) is 2.72. The Morgan fingerprint density at radius 3 is 2.27 bits per heavy atom. The van der Waals surface area contributed by atoms with Gasteiger partial charge in [-0.25, -0.2) is 0 Å². The molecule has 0 atom stereocenters. The maximum atomic E-state index is 12.0. The molecular weight excluding hydrogens is 213 g/mol. The molecule has 0 spiro atoms. The second-order valence-corrected chi connectivity index (χ2v) is 6.12. The number of piperidine rings is 1. The van der Waals surface area contributed by atoms with E-state index in [2.05, 4.69) is 11.5 Å². The quantitative estimate of drug-likeness (QED) is 0.684. The van der Waals surface area contributed by atoms with Gasteiger partial charge in [0.1, 0.15) is 0 Å². The molecule has 0 aliphatic carbocycles. The molecule has 0 unspecified atom stereocenters. The van der Waals surface area contributed by atoms with Crippen molar-refractivity contribution in [3.05, 3.63) is 11.9 Å². The molecule has 15 heavy (non-hydrogen) atoms. The molecular formula is C10H20NO3P. The molecule has 0 bridgehead atoms. The van der Waals surface area contributed by atoms with Crippen LogP contribution in [0.2, 0.25) is 0 Å². The smallest absolute Gasteiger partial charge is 0.309 e. The van der Waals surface area contributed by atoms with Crippen molar-refractivity contribution in [1.29, 1.82) is 0 Å². The van der Waals surface area contributed by atoms with Crippen LogP contribution in [-0.2, 0) is 13.6 Å². The van der Waals surface area contributed by atoms with Crippen LogP contribution < -0.4 is 0 Å². The second-order valence-electron chi connectivity index (χ2n) is 3.77. The summed E-state index contributed by atoms with van der Waals surface area (Å²) in [5, 5.41) is 0.550. The Morgan fingerprint density at radius 1 is 1.27 bits per heavy atom. The van der Waals surface area contributed by atoms with Crippen LogP contribution in [0.1, 0.15) is 19.3 Å². The number of hydrogen-bond acceptors (Lipinski definition) is 4. The lowest BCUT2D eigenvalue weighted by atomic mass is 10.1. The largest absolute Gasteiger partial charge is 0.357 e. The highest BCUT2D eigenvalue weighted by Crippen LogP contribution is 2.53. The zero-order valence-corrected chi connectivity index (χ0v) is 10.5. The molecule has 0 radical (unpaired) electrons. The highest BCUT2D eigenvalue weighted by atomic mass is 31.2. The van der Waals surface area contributed by atoms with E-state index in [1.54, 1.807) is 0 Å². The van der Waals surface area contributed by atoms with Crippen molar-refractivity contribution in [2.75, 3.05) is 33.9 Å². The summed E-state index contributed by atoms with van der Waals surface area (Å²) in [4.78, 5) is 2.25. The van der Waals surface area contributed by atoms with Crippen LogP contribution in [0, 0.1) is 0 Å². The van der Waals surface area contributed by atoms with E-state index in [-0.39, 0.29) is 0 Å². The van der Waals surface area contributed by atoms with Crippen molar-refractivity contribution in [2.24, 2.45) is 0 Å². The predicted octanol–water partition coefficient (Wildman–Crippen LogP) is 2.47. The van der Waals surface area contributed by atoms with Gasteiger partial charge in [-0.05, 0) is 25.9 Å². The van der Waals surface area contributed by atoms with E-state index in [1.165, 1.54) is 33.5 Å². The SMILES string of the molecule is C=C(CN1CCCCC1)P(=O)(OC)OC. The molecule has 1 aliphatic heterocycles. The van der Waals surface area contributed by atoms with Gasteiger partial charge in [0.2, 0.25) is 0 Å². The Kier molecular flexibility index (Phi) is 5.00. The van der Waals surface area contributed by atoms with Crippen LogP contribution in [0.25, 0.3) is 0 Å². The van der Waals surface area contributed by atoms with Crippen LogP contribution >= 0.6 is 7.60 Å². The first-order valence-corrected chi connectivity index (χ1v) is 6.79. The summed E-state index contributed by atoms with van der Waals surface area (Å²) in [7, 11) is -0.286. The lowest BCUT2D eigenvalue weighted by Gasteiger charge is -2.28. The first-order valence-electron chi connectivity index (χ1n) is 5.24. The average Bonchev–Trinajstić information content (AvgIpc) is 2.29. The van der Waals surface area contributed by atoms with E-state index in [1.807, 2.05) is 0 Å². The summed E-state index contributed by atoms with van der Waals surface area (Å²) < 4.78 is 21.7. The van der Waals surface area contributed by atoms with Gasteiger partial charge in [0.25, 0.3) is 0 Å². The van der Waals surface area contributed by atoms with Crippen molar-refractivity contribution in [3.8, 4) is 0 Å². The Morgan fingerprint density at radius 2 is 1.80 bits per heavy atom. The van der Waals surface area contributed by atoms with Crippen molar-refractivity contribution in [1.82, 2.24) is 4.90 Å². The van der Waals surface area contributed by atoms with Gasteiger partial charge >= 0.3 is 7.60 Å². The molecule has 0 N–H and O–H groups in total. The van der Waals surface area contributed by atoms with E-state index in [0.29, 0.717) is 11.9 Å². The van der Waals surface area contributed by atoms with Gasteiger partial charge in [-0.1, -0.05) is 13.0 Å². The molecule has 1 heterocycles. The summed E-state index contributed by atoms with van der Waals surface area (Å²) in [6.07, 6.45) is 3.70. The minimum Gasteiger partial charge on any atom is -0.309 e. The molecule has 0 amide bonds. The zero-order chi connectivity index (χ0) is 11.3. The van der Waals surface area contributed by atoms with Crippen molar-refractivity contribution >= 4 is 7.60 Å². The second kappa shape index (κ2) is 5.80. The van der Waals surface area contributed by atoms with Gasteiger partial charge in [-0.3, -0.25) is 9.46 Å². The zero-order valence-electron chi connectivity index (χ0n) is 9.57. The predicted molar refractivity (Wildman–Crippen MR) is 61.1 cm³/mol. The first kappa shape index (κ1) is 12.9. The summed E-state index contributed by atoms with van der Waals surface area (Å²) in [5.74, 6) is 0. The fourth-order valence-electron chi connectivity index (χ4n) is 1.79. The summed E-state index contributed by atoms with van der Waals surface area (Å²) >= 11 is 0. The number of hydrogen-bond donors (Lipinski definition) is 0. The fourth-order valence-corrected chi connectivity index (χ4v) is 2.83. The van der Waals surface area contributed by atoms with Crippen LogP contribution in [0.4, 0.5) is 0 Å². The van der Waals surface area contributed by atoms with Crippen molar-refractivity contribution in [3.63, 3.8) is 0 Å². The number of rotatable bonds is 5. The van der Waals surface area contributed by atoms with Gasteiger partial charge < -0.3 is 9.05 Å². The van der Waals surface area contributed by atoms with E-state index in [9.17, 15) is 4.57 Å². The average molecular weight is 233 g/mol.